The third kappa shape index (κ3) is 5.62. The van der Waals surface area contributed by atoms with Crippen molar-refractivity contribution in [1.29, 1.82) is 0 Å². The van der Waals surface area contributed by atoms with Crippen molar-refractivity contribution in [2.24, 2.45) is 0 Å². The molecule has 29 heavy (non-hydrogen) atoms. The second-order valence-corrected chi connectivity index (χ2v) is 8.03. The van der Waals surface area contributed by atoms with Gasteiger partial charge in [-0.15, -0.1) is 10.2 Å². The molecule has 0 amide bonds. The first kappa shape index (κ1) is 20.0. The Kier molecular flexibility index (Phi) is 6.87. The van der Waals surface area contributed by atoms with Crippen molar-refractivity contribution in [3.8, 4) is 5.75 Å². The number of nitrogens with zero attached hydrogens (tertiary/aromatic N) is 4. The number of hydrogen-bond acceptors (Lipinski definition) is 7. The number of benzene rings is 1. The number of ether oxygens (including phenoxy) is 2. The zero-order valence-electron chi connectivity index (χ0n) is 16.6. The summed E-state index contributed by atoms with van der Waals surface area (Å²) in [4.78, 5) is 2.42. The van der Waals surface area contributed by atoms with Crippen LogP contribution in [0, 0.1) is 6.92 Å². The second-order valence-electron chi connectivity index (χ2n) is 6.97. The molecule has 1 saturated heterocycles. The van der Waals surface area contributed by atoms with Gasteiger partial charge in [-0.1, -0.05) is 23.9 Å². The Bertz CT molecular complexity index is 891. The minimum absolute atomic E-state index is 0.362. The van der Waals surface area contributed by atoms with Gasteiger partial charge in [0.15, 0.2) is 11.0 Å². The molecule has 0 unspecified atom stereocenters. The monoisotopic (exact) mass is 414 g/mol. The van der Waals surface area contributed by atoms with Crippen molar-refractivity contribution in [3.05, 3.63) is 59.8 Å². The smallest absolute Gasteiger partial charge is 0.191 e. The van der Waals surface area contributed by atoms with Gasteiger partial charge in [0.1, 0.15) is 18.1 Å². The van der Waals surface area contributed by atoms with Gasteiger partial charge in [-0.2, -0.15) is 0 Å². The van der Waals surface area contributed by atoms with E-state index in [2.05, 4.69) is 32.7 Å². The SMILES string of the molecule is Cc1cccc(OCc2nnc(SCCN3CCOCC3)n2Cc2ccco2)c1. The van der Waals surface area contributed by atoms with Crippen molar-refractivity contribution >= 4 is 11.8 Å². The molecular formula is C21H26N4O3S. The van der Waals surface area contributed by atoms with E-state index in [1.807, 2.05) is 30.3 Å². The van der Waals surface area contributed by atoms with Gasteiger partial charge in [-0.25, -0.2) is 0 Å². The molecule has 4 rings (SSSR count). The van der Waals surface area contributed by atoms with E-state index in [0.29, 0.717) is 13.2 Å². The predicted octanol–water partition coefficient (Wildman–Crippen LogP) is 3.23. The molecule has 0 bridgehead atoms. The highest BCUT2D eigenvalue weighted by Gasteiger charge is 2.16. The van der Waals surface area contributed by atoms with Crippen LogP contribution in [0.15, 0.2) is 52.2 Å². The maximum absolute atomic E-state index is 5.96. The number of rotatable bonds is 9. The molecule has 8 heteroatoms. The fourth-order valence-electron chi connectivity index (χ4n) is 3.19. The number of morpholine rings is 1. The maximum atomic E-state index is 5.96. The number of aromatic nitrogens is 3. The first-order valence-electron chi connectivity index (χ1n) is 9.85. The summed E-state index contributed by atoms with van der Waals surface area (Å²) in [6.07, 6.45) is 1.69. The van der Waals surface area contributed by atoms with E-state index in [1.165, 1.54) is 5.56 Å². The average molecular weight is 415 g/mol. The Morgan fingerprint density at radius 2 is 2.03 bits per heavy atom. The van der Waals surface area contributed by atoms with Crippen LogP contribution in [0.5, 0.6) is 5.75 Å². The Morgan fingerprint density at radius 1 is 1.14 bits per heavy atom. The highest BCUT2D eigenvalue weighted by Crippen LogP contribution is 2.21. The van der Waals surface area contributed by atoms with Crippen molar-refractivity contribution in [3.63, 3.8) is 0 Å². The van der Waals surface area contributed by atoms with Gasteiger partial charge in [0, 0.05) is 25.4 Å². The molecule has 0 spiro atoms. The summed E-state index contributed by atoms with van der Waals surface area (Å²) < 4.78 is 19.0. The summed E-state index contributed by atoms with van der Waals surface area (Å²) >= 11 is 1.72. The Labute approximate surface area is 175 Å². The summed E-state index contributed by atoms with van der Waals surface area (Å²) in [5.74, 6) is 3.45. The fourth-order valence-corrected chi connectivity index (χ4v) is 4.15. The molecule has 154 valence electrons. The Morgan fingerprint density at radius 3 is 2.83 bits per heavy atom. The number of thioether (sulfide) groups is 1. The van der Waals surface area contributed by atoms with E-state index in [9.17, 15) is 0 Å². The predicted molar refractivity (Wildman–Crippen MR) is 111 cm³/mol. The lowest BCUT2D eigenvalue weighted by molar-refractivity contribution is 0.0410. The van der Waals surface area contributed by atoms with E-state index in [0.717, 1.165) is 61.1 Å². The summed E-state index contributed by atoms with van der Waals surface area (Å²) in [6.45, 7) is 7.64. The molecule has 0 saturated carbocycles. The van der Waals surface area contributed by atoms with Crippen LogP contribution < -0.4 is 4.74 Å². The third-order valence-electron chi connectivity index (χ3n) is 4.79. The van der Waals surface area contributed by atoms with E-state index in [4.69, 9.17) is 13.9 Å². The van der Waals surface area contributed by atoms with Crippen LogP contribution in [0.1, 0.15) is 17.1 Å². The molecule has 0 aliphatic carbocycles. The second kappa shape index (κ2) is 9.96. The largest absolute Gasteiger partial charge is 0.486 e. The minimum atomic E-state index is 0.362. The van der Waals surface area contributed by atoms with Crippen molar-refractivity contribution in [2.75, 3.05) is 38.6 Å². The zero-order chi connectivity index (χ0) is 19.9. The maximum Gasteiger partial charge on any atom is 0.191 e. The lowest BCUT2D eigenvalue weighted by Gasteiger charge is -2.26. The molecule has 0 atom stereocenters. The first-order chi connectivity index (χ1) is 14.3. The van der Waals surface area contributed by atoms with Crippen LogP contribution in [-0.4, -0.2) is 58.3 Å². The molecular weight excluding hydrogens is 388 g/mol. The third-order valence-corrected chi connectivity index (χ3v) is 5.73. The molecule has 1 aliphatic heterocycles. The standard InChI is InChI=1S/C21H26N4O3S/c1-17-4-2-5-18(14-17)28-16-20-22-23-21(25(20)15-19-6-3-10-27-19)29-13-9-24-7-11-26-12-8-24/h2-6,10,14H,7-9,11-13,15-16H2,1H3. The van der Waals surface area contributed by atoms with Gasteiger partial charge in [-0.05, 0) is 36.8 Å². The van der Waals surface area contributed by atoms with E-state index in [1.54, 1.807) is 18.0 Å². The van der Waals surface area contributed by atoms with E-state index < -0.39 is 0 Å². The number of furan rings is 1. The number of hydrogen-bond donors (Lipinski definition) is 0. The highest BCUT2D eigenvalue weighted by molar-refractivity contribution is 7.99. The summed E-state index contributed by atoms with van der Waals surface area (Å²) in [5.41, 5.74) is 1.17. The zero-order valence-corrected chi connectivity index (χ0v) is 17.4. The van der Waals surface area contributed by atoms with Crippen LogP contribution in [0.2, 0.25) is 0 Å². The number of aryl methyl sites for hydroxylation is 1. The molecule has 1 aliphatic rings. The highest BCUT2D eigenvalue weighted by atomic mass is 32.2. The Hall–Kier alpha value is -2.29. The lowest BCUT2D eigenvalue weighted by atomic mass is 10.2. The summed E-state index contributed by atoms with van der Waals surface area (Å²) in [5, 5.41) is 9.70. The van der Waals surface area contributed by atoms with Crippen molar-refractivity contribution < 1.29 is 13.9 Å². The molecule has 1 aromatic carbocycles. The van der Waals surface area contributed by atoms with Crippen LogP contribution in [-0.2, 0) is 17.9 Å². The molecule has 3 heterocycles. The summed E-state index contributed by atoms with van der Waals surface area (Å²) in [6, 6.07) is 11.9. The lowest BCUT2D eigenvalue weighted by Crippen LogP contribution is -2.37. The van der Waals surface area contributed by atoms with Crippen molar-refractivity contribution in [1.82, 2.24) is 19.7 Å². The van der Waals surface area contributed by atoms with E-state index >= 15 is 0 Å². The topological polar surface area (TPSA) is 65.6 Å². The molecule has 3 aromatic rings. The molecule has 0 N–H and O–H groups in total. The average Bonchev–Trinajstić information content (AvgIpc) is 3.38. The fraction of sp³-hybridized carbons (Fsp3) is 0.429. The van der Waals surface area contributed by atoms with Gasteiger partial charge >= 0.3 is 0 Å². The quantitative estimate of drug-likeness (QED) is 0.498. The van der Waals surface area contributed by atoms with Crippen LogP contribution in [0.25, 0.3) is 0 Å². The van der Waals surface area contributed by atoms with Gasteiger partial charge in [0.05, 0.1) is 26.0 Å². The normalized spacial score (nSPS) is 14.9. The molecule has 7 nitrogen and oxygen atoms in total. The van der Waals surface area contributed by atoms with Crippen LogP contribution >= 0.6 is 11.8 Å². The van der Waals surface area contributed by atoms with Gasteiger partial charge in [-0.3, -0.25) is 9.47 Å². The van der Waals surface area contributed by atoms with Crippen LogP contribution in [0.3, 0.4) is 0 Å². The first-order valence-corrected chi connectivity index (χ1v) is 10.8. The van der Waals surface area contributed by atoms with Gasteiger partial charge in [0.25, 0.3) is 0 Å². The van der Waals surface area contributed by atoms with E-state index in [-0.39, 0.29) is 0 Å². The molecule has 0 radical (unpaired) electrons. The van der Waals surface area contributed by atoms with Crippen molar-refractivity contribution in [2.45, 2.75) is 25.2 Å². The molecule has 1 fully saturated rings. The molecule has 2 aromatic heterocycles. The minimum Gasteiger partial charge on any atom is -0.486 e. The Balaban J connectivity index is 1.42. The van der Waals surface area contributed by atoms with Gasteiger partial charge in [0.2, 0.25) is 0 Å². The van der Waals surface area contributed by atoms with Gasteiger partial charge < -0.3 is 13.9 Å². The van der Waals surface area contributed by atoms with Crippen LogP contribution in [0.4, 0.5) is 0 Å². The summed E-state index contributed by atoms with van der Waals surface area (Å²) in [7, 11) is 0.